The molecule has 1 rings (SSSR count). The maximum absolute atomic E-state index is 6.10. The van der Waals surface area contributed by atoms with E-state index in [1.54, 1.807) is 8.05 Å². The maximum Gasteiger partial charge on any atom is 0.258 e. The highest BCUT2D eigenvalue weighted by Crippen LogP contribution is 2.38. The molecular weight excluding hydrogens is 294 g/mol. The van der Waals surface area contributed by atoms with Crippen molar-refractivity contribution in [2.45, 2.75) is 90.8 Å². The summed E-state index contributed by atoms with van der Waals surface area (Å²) < 4.78 is 11.9. The molecule has 1 unspecified atom stereocenters. The van der Waals surface area contributed by atoms with Gasteiger partial charge in [0.05, 0.1) is 11.2 Å². The monoisotopic (exact) mass is 330 g/mol. The summed E-state index contributed by atoms with van der Waals surface area (Å²) in [6.45, 7) is 11.0. The van der Waals surface area contributed by atoms with Crippen molar-refractivity contribution in [3.05, 3.63) is 34.9 Å². The van der Waals surface area contributed by atoms with Crippen LogP contribution in [0.15, 0.2) is 34.9 Å². The van der Waals surface area contributed by atoms with Gasteiger partial charge in [0, 0.05) is 0 Å². The first kappa shape index (κ1) is 21.3. The first-order chi connectivity index (χ1) is 11.3. The van der Waals surface area contributed by atoms with E-state index in [0.29, 0.717) is 0 Å². The van der Waals surface area contributed by atoms with Gasteiger partial charge in [0.15, 0.2) is 0 Å². The Bertz CT molecular complexity index is 492. The Labute approximate surface area is 151 Å². The van der Waals surface area contributed by atoms with Crippen molar-refractivity contribution in [3.8, 4) is 0 Å². The van der Waals surface area contributed by atoms with Crippen molar-refractivity contribution in [2.24, 2.45) is 0 Å². The number of rotatable bonds is 3. The second-order valence-corrected chi connectivity index (χ2v) is 7.85. The van der Waals surface area contributed by atoms with E-state index in [4.69, 9.17) is 9.31 Å². The largest absolute Gasteiger partial charge is 0.436 e. The van der Waals surface area contributed by atoms with Crippen LogP contribution in [0.25, 0.3) is 0 Å². The van der Waals surface area contributed by atoms with Crippen LogP contribution < -0.4 is 0 Å². The van der Waals surface area contributed by atoms with E-state index in [1.165, 1.54) is 23.1 Å². The van der Waals surface area contributed by atoms with Crippen molar-refractivity contribution in [3.63, 3.8) is 0 Å². The molecule has 0 spiro atoms. The lowest BCUT2D eigenvalue weighted by atomic mass is 9.76. The van der Waals surface area contributed by atoms with Crippen LogP contribution >= 0.6 is 0 Å². The lowest BCUT2D eigenvalue weighted by Gasteiger charge is -2.46. The third-order valence-corrected chi connectivity index (χ3v) is 5.76. The highest BCUT2D eigenvalue weighted by molar-refractivity contribution is 5.99. The Hall–Kier alpha value is -0.730. The summed E-state index contributed by atoms with van der Waals surface area (Å²) in [6, 6.07) is 0. The molecule has 0 fully saturated rings. The van der Waals surface area contributed by atoms with Gasteiger partial charge in [-0.15, -0.1) is 0 Å². The molecule has 0 aromatic rings. The fourth-order valence-corrected chi connectivity index (χ4v) is 3.40. The first-order valence-electron chi connectivity index (χ1n) is 9.33. The molecule has 1 aliphatic rings. The minimum atomic E-state index is -0.327. The average Bonchev–Trinajstić information content (AvgIpc) is 2.54. The minimum Gasteiger partial charge on any atom is -0.436 e. The third-order valence-electron chi connectivity index (χ3n) is 5.76. The summed E-state index contributed by atoms with van der Waals surface area (Å²) in [5, 5.41) is 0. The molecule has 0 N–H and O–H groups in total. The zero-order chi connectivity index (χ0) is 18.2. The molecule has 0 bridgehead atoms. The lowest BCUT2D eigenvalue weighted by molar-refractivity contribution is -0.0941. The SMILES string of the molecule is BOC(C)(C)C1(OB)C/C=C(/C)CC/C=C(\C)CC/C=C(/C)CC1. The highest BCUT2D eigenvalue weighted by Gasteiger charge is 2.43. The van der Waals surface area contributed by atoms with Crippen molar-refractivity contribution < 1.29 is 9.31 Å². The second-order valence-electron chi connectivity index (χ2n) is 7.85. The van der Waals surface area contributed by atoms with Crippen LogP contribution in [0.3, 0.4) is 0 Å². The van der Waals surface area contributed by atoms with Crippen LogP contribution in [0.2, 0.25) is 0 Å². The smallest absolute Gasteiger partial charge is 0.258 e. The van der Waals surface area contributed by atoms with E-state index >= 15 is 0 Å². The van der Waals surface area contributed by atoms with Gasteiger partial charge in [0.2, 0.25) is 0 Å². The van der Waals surface area contributed by atoms with Crippen molar-refractivity contribution >= 4 is 16.1 Å². The fraction of sp³-hybridized carbons (Fsp3) is 0.700. The first-order valence-corrected chi connectivity index (χ1v) is 9.33. The summed E-state index contributed by atoms with van der Waals surface area (Å²) in [7, 11) is 3.62. The highest BCUT2D eigenvalue weighted by atomic mass is 16.5. The molecule has 24 heavy (non-hydrogen) atoms. The summed E-state index contributed by atoms with van der Waals surface area (Å²) in [4.78, 5) is 0. The average molecular weight is 330 g/mol. The van der Waals surface area contributed by atoms with E-state index < -0.39 is 0 Å². The van der Waals surface area contributed by atoms with Gasteiger partial charge in [0.25, 0.3) is 16.1 Å². The van der Waals surface area contributed by atoms with Gasteiger partial charge in [-0.25, -0.2) is 0 Å². The van der Waals surface area contributed by atoms with Gasteiger partial charge in [-0.1, -0.05) is 34.9 Å². The van der Waals surface area contributed by atoms with E-state index in [-0.39, 0.29) is 11.2 Å². The van der Waals surface area contributed by atoms with Crippen LogP contribution in [0.4, 0.5) is 0 Å². The molecule has 1 atom stereocenters. The van der Waals surface area contributed by atoms with Crippen LogP contribution in [-0.2, 0) is 9.31 Å². The van der Waals surface area contributed by atoms with Gasteiger partial charge in [0.1, 0.15) is 0 Å². The molecule has 0 heterocycles. The second kappa shape index (κ2) is 9.68. The van der Waals surface area contributed by atoms with Crippen LogP contribution in [0.5, 0.6) is 0 Å². The topological polar surface area (TPSA) is 18.5 Å². The summed E-state index contributed by atoms with van der Waals surface area (Å²) in [5.74, 6) is 0. The van der Waals surface area contributed by atoms with Crippen LogP contribution in [0, 0.1) is 0 Å². The molecule has 2 nitrogen and oxygen atoms in total. The summed E-state index contributed by atoms with van der Waals surface area (Å²) in [5.41, 5.74) is 3.78. The lowest BCUT2D eigenvalue weighted by Crippen LogP contribution is -2.53. The standard InChI is InChI=1S/C20H36B2O2/c1-16-8-6-10-17(2)12-14-20(24-22,19(4,5)23-21)15-13-18(3)11-7-9-16/h8,11-12H,6-7,9-10,13-15,21-22H2,1-5H3/b16-8+,17-12-,18-11-. The molecule has 0 saturated heterocycles. The summed E-state index contributed by atoms with van der Waals surface area (Å²) in [6.07, 6.45) is 14.6. The molecule has 0 amide bonds. The van der Waals surface area contributed by atoms with Gasteiger partial charge in [-0.2, -0.15) is 0 Å². The number of hydrogen-bond acceptors (Lipinski definition) is 2. The Morgan fingerprint density at radius 1 is 0.875 bits per heavy atom. The van der Waals surface area contributed by atoms with Gasteiger partial charge >= 0.3 is 0 Å². The van der Waals surface area contributed by atoms with Crippen LogP contribution in [-0.4, -0.2) is 27.3 Å². The third kappa shape index (κ3) is 5.97. The minimum absolute atomic E-state index is 0.298. The van der Waals surface area contributed by atoms with Gasteiger partial charge in [-0.3, -0.25) is 0 Å². The molecular formula is C20H36B2O2. The van der Waals surface area contributed by atoms with Crippen LogP contribution in [0.1, 0.15) is 79.6 Å². The van der Waals surface area contributed by atoms with E-state index in [9.17, 15) is 0 Å². The van der Waals surface area contributed by atoms with Crippen molar-refractivity contribution in [1.82, 2.24) is 0 Å². The van der Waals surface area contributed by atoms with Crippen molar-refractivity contribution in [2.75, 3.05) is 0 Å². The fourth-order valence-electron chi connectivity index (χ4n) is 3.40. The van der Waals surface area contributed by atoms with Gasteiger partial charge in [-0.05, 0) is 79.6 Å². The Morgan fingerprint density at radius 3 is 1.88 bits per heavy atom. The number of allylic oxidation sites excluding steroid dienone is 5. The summed E-state index contributed by atoms with van der Waals surface area (Å²) >= 11 is 0. The molecule has 0 aromatic carbocycles. The Balaban J connectivity index is 3.11. The molecule has 1 aliphatic carbocycles. The van der Waals surface area contributed by atoms with E-state index in [0.717, 1.165) is 38.5 Å². The molecule has 0 radical (unpaired) electrons. The zero-order valence-corrected chi connectivity index (χ0v) is 17.0. The normalized spacial score (nSPS) is 31.8. The predicted octanol–water partition coefficient (Wildman–Crippen LogP) is 4.22. The quantitative estimate of drug-likeness (QED) is 0.570. The number of hydrogen-bond donors (Lipinski definition) is 0. The molecule has 0 aromatic heterocycles. The zero-order valence-electron chi connectivity index (χ0n) is 17.0. The van der Waals surface area contributed by atoms with E-state index in [2.05, 4.69) is 52.8 Å². The molecule has 134 valence electrons. The Morgan fingerprint density at radius 2 is 1.38 bits per heavy atom. The van der Waals surface area contributed by atoms with Crippen molar-refractivity contribution in [1.29, 1.82) is 0 Å². The predicted molar refractivity (Wildman–Crippen MR) is 110 cm³/mol. The molecule has 0 aliphatic heterocycles. The Kier molecular flexibility index (Phi) is 8.59. The van der Waals surface area contributed by atoms with E-state index in [1.807, 2.05) is 8.05 Å². The van der Waals surface area contributed by atoms with Gasteiger partial charge < -0.3 is 9.31 Å². The molecule has 4 heteroatoms. The molecule has 0 saturated carbocycles. The maximum atomic E-state index is 6.10.